The fourth-order valence-corrected chi connectivity index (χ4v) is 3.49. The second-order valence-corrected chi connectivity index (χ2v) is 7.21. The van der Waals surface area contributed by atoms with Crippen molar-refractivity contribution in [3.05, 3.63) is 47.4 Å². The molecule has 152 valence electrons. The van der Waals surface area contributed by atoms with Gasteiger partial charge in [0, 0.05) is 25.9 Å². The summed E-state index contributed by atoms with van der Waals surface area (Å²) < 4.78 is 10.8. The van der Waals surface area contributed by atoms with E-state index >= 15 is 0 Å². The van der Waals surface area contributed by atoms with Crippen LogP contribution in [0.1, 0.15) is 36.5 Å². The van der Waals surface area contributed by atoms with Crippen LogP contribution in [0.4, 0.5) is 5.82 Å². The maximum atomic E-state index is 12.4. The molecule has 1 aromatic carbocycles. The Hall–Kier alpha value is -3.00. The Balaban J connectivity index is 1.47. The van der Waals surface area contributed by atoms with Gasteiger partial charge in [-0.25, -0.2) is 4.98 Å². The predicted octanol–water partition coefficient (Wildman–Crippen LogP) is 2.57. The molecule has 3 heterocycles. The van der Waals surface area contributed by atoms with Gasteiger partial charge in [-0.15, -0.1) is 0 Å². The molecule has 0 bridgehead atoms. The second-order valence-electron chi connectivity index (χ2n) is 7.21. The van der Waals surface area contributed by atoms with Crippen molar-refractivity contribution < 1.29 is 14.1 Å². The number of carbonyl (C=O) groups is 1. The minimum Gasteiger partial charge on any atom is -0.378 e. The molecular formula is C21H25N5O3. The van der Waals surface area contributed by atoms with Crippen molar-refractivity contribution in [2.45, 2.75) is 32.7 Å². The maximum Gasteiger partial charge on any atom is 0.263 e. The van der Waals surface area contributed by atoms with Gasteiger partial charge in [0.05, 0.1) is 24.9 Å². The first-order chi connectivity index (χ1) is 14.1. The first-order valence-corrected chi connectivity index (χ1v) is 9.91. The van der Waals surface area contributed by atoms with Gasteiger partial charge >= 0.3 is 0 Å². The molecule has 1 fully saturated rings. The first kappa shape index (κ1) is 19.3. The van der Waals surface area contributed by atoms with Crippen LogP contribution in [0.25, 0.3) is 11.1 Å². The average molecular weight is 395 g/mol. The number of nitrogens with zero attached hydrogens (tertiary/aromatic N) is 4. The Labute approximate surface area is 169 Å². The summed E-state index contributed by atoms with van der Waals surface area (Å²) in [6.07, 6.45) is 0.735. The zero-order chi connectivity index (χ0) is 20.2. The number of aryl methyl sites for hydroxylation is 2. The lowest BCUT2D eigenvalue weighted by atomic mass is 10.1. The van der Waals surface area contributed by atoms with E-state index in [0.717, 1.165) is 35.6 Å². The highest BCUT2D eigenvalue weighted by Crippen LogP contribution is 2.27. The summed E-state index contributed by atoms with van der Waals surface area (Å²) in [4.78, 5) is 23.8. The van der Waals surface area contributed by atoms with Crippen LogP contribution in [-0.2, 0) is 16.0 Å². The minimum atomic E-state index is -0.0482. The van der Waals surface area contributed by atoms with Gasteiger partial charge in [0.2, 0.25) is 5.91 Å². The molecule has 0 aliphatic carbocycles. The summed E-state index contributed by atoms with van der Waals surface area (Å²) in [6.45, 7) is 6.69. The zero-order valence-corrected chi connectivity index (χ0v) is 16.7. The number of carbonyl (C=O) groups excluding carboxylic acids is 1. The number of anilines is 1. The Morgan fingerprint density at radius 2 is 1.97 bits per heavy atom. The molecule has 0 saturated carbocycles. The van der Waals surface area contributed by atoms with Crippen molar-refractivity contribution in [1.29, 1.82) is 0 Å². The molecule has 1 saturated heterocycles. The summed E-state index contributed by atoms with van der Waals surface area (Å²) >= 11 is 0. The normalized spacial score (nSPS) is 15.4. The van der Waals surface area contributed by atoms with Gasteiger partial charge in [-0.05, 0) is 19.4 Å². The van der Waals surface area contributed by atoms with Gasteiger partial charge in [-0.2, -0.15) is 4.98 Å². The third-order valence-electron chi connectivity index (χ3n) is 5.10. The number of hydrogen-bond donors (Lipinski definition) is 1. The maximum absolute atomic E-state index is 12.4. The van der Waals surface area contributed by atoms with E-state index in [1.807, 2.05) is 44.2 Å². The molecule has 1 N–H and O–H groups in total. The smallest absolute Gasteiger partial charge is 0.263 e. The number of hydrogen-bond acceptors (Lipinski definition) is 7. The quantitative estimate of drug-likeness (QED) is 0.685. The summed E-state index contributed by atoms with van der Waals surface area (Å²) in [5.74, 6) is 1.36. The van der Waals surface area contributed by atoms with Crippen molar-refractivity contribution in [3.63, 3.8) is 0 Å². The van der Waals surface area contributed by atoms with Crippen LogP contribution < -0.4 is 10.2 Å². The highest BCUT2D eigenvalue weighted by Gasteiger charge is 2.22. The third-order valence-corrected chi connectivity index (χ3v) is 5.10. The number of aromatic nitrogens is 3. The Morgan fingerprint density at radius 3 is 2.72 bits per heavy atom. The third kappa shape index (κ3) is 4.37. The van der Waals surface area contributed by atoms with Gasteiger partial charge in [0.1, 0.15) is 17.0 Å². The molecule has 3 aromatic rings. The van der Waals surface area contributed by atoms with E-state index in [1.54, 1.807) is 0 Å². The number of rotatable bonds is 6. The van der Waals surface area contributed by atoms with Gasteiger partial charge in [0.15, 0.2) is 0 Å². The molecule has 8 nitrogen and oxygen atoms in total. The van der Waals surface area contributed by atoms with Gasteiger partial charge < -0.3 is 19.5 Å². The number of ether oxygens (including phenoxy) is 1. The molecule has 1 amide bonds. The Kier molecular flexibility index (Phi) is 5.71. The van der Waals surface area contributed by atoms with Crippen molar-refractivity contribution in [3.8, 4) is 0 Å². The molecule has 1 aliphatic rings. The minimum absolute atomic E-state index is 0.0354. The lowest BCUT2D eigenvalue weighted by Crippen LogP contribution is -2.37. The standard InChI is InChI=1S/C21H25N5O3/c1-14(16-6-4-3-5-7-16)22-18(27)9-8-17-23-20(26-10-12-28-13-11-26)19-15(2)25-29-21(19)24-17/h3-7,14H,8-13H2,1-2H3,(H,22,27)/t14-/m1/s1. The summed E-state index contributed by atoms with van der Waals surface area (Å²) in [7, 11) is 0. The molecule has 1 atom stereocenters. The van der Waals surface area contributed by atoms with Gasteiger partial charge in [-0.3, -0.25) is 4.79 Å². The van der Waals surface area contributed by atoms with Crippen LogP contribution >= 0.6 is 0 Å². The van der Waals surface area contributed by atoms with E-state index in [2.05, 4.69) is 20.4 Å². The van der Waals surface area contributed by atoms with Crippen molar-refractivity contribution in [1.82, 2.24) is 20.4 Å². The van der Waals surface area contributed by atoms with Crippen LogP contribution in [0.3, 0.4) is 0 Å². The monoisotopic (exact) mass is 395 g/mol. The van der Waals surface area contributed by atoms with E-state index in [-0.39, 0.29) is 11.9 Å². The molecular weight excluding hydrogens is 370 g/mol. The molecule has 0 radical (unpaired) electrons. The van der Waals surface area contributed by atoms with E-state index in [4.69, 9.17) is 14.2 Å². The van der Waals surface area contributed by atoms with Gasteiger partial charge in [0.25, 0.3) is 5.71 Å². The van der Waals surface area contributed by atoms with Crippen LogP contribution in [0.15, 0.2) is 34.9 Å². The van der Waals surface area contributed by atoms with E-state index in [0.29, 0.717) is 37.6 Å². The second kappa shape index (κ2) is 8.57. The molecule has 1 aliphatic heterocycles. The number of morpholine rings is 1. The van der Waals surface area contributed by atoms with E-state index in [9.17, 15) is 4.79 Å². The van der Waals surface area contributed by atoms with Crippen molar-refractivity contribution in [2.75, 3.05) is 31.2 Å². The zero-order valence-electron chi connectivity index (χ0n) is 16.7. The lowest BCUT2D eigenvalue weighted by molar-refractivity contribution is -0.121. The number of benzene rings is 1. The number of nitrogens with one attached hydrogen (secondary N) is 1. The van der Waals surface area contributed by atoms with E-state index < -0.39 is 0 Å². The first-order valence-electron chi connectivity index (χ1n) is 9.91. The summed E-state index contributed by atoms with van der Waals surface area (Å²) in [5, 5.41) is 7.91. The molecule has 29 heavy (non-hydrogen) atoms. The topological polar surface area (TPSA) is 93.4 Å². The molecule has 8 heteroatoms. The van der Waals surface area contributed by atoms with E-state index in [1.165, 1.54) is 0 Å². The molecule has 4 rings (SSSR count). The summed E-state index contributed by atoms with van der Waals surface area (Å²) in [5.41, 5.74) is 2.31. The van der Waals surface area contributed by atoms with Crippen molar-refractivity contribution >= 4 is 22.8 Å². The Morgan fingerprint density at radius 1 is 1.21 bits per heavy atom. The van der Waals surface area contributed by atoms with Crippen molar-refractivity contribution in [2.24, 2.45) is 0 Å². The van der Waals surface area contributed by atoms with Crippen LogP contribution in [0.2, 0.25) is 0 Å². The molecule has 0 spiro atoms. The number of amides is 1. The number of fused-ring (bicyclic) bond motifs is 1. The average Bonchev–Trinajstić information content (AvgIpc) is 3.13. The lowest BCUT2D eigenvalue weighted by Gasteiger charge is -2.28. The SMILES string of the molecule is Cc1noc2nc(CCC(=O)N[C@H](C)c3ccccc3)nc(N3CCOCC3)c12. The largest absolute Gasteiger partial charge is 0.378 e. The van der Waals surface area contributed by atoms with Crippen LogP contribution in [0.5, 0.6) is 0 Å². The molecule has 2 aromatic heterocycles. The predicted molar refractivity (Wildman–Crippen MR) is 109 cm³/mol. The highest BCUT2D eigenvalue weighted by atomic mass is 16.5. The van der Waals surface area contributed by atoms with Crippen LogP contribution in [-0.4, -0.2) is 47.3 Å². The fraction of sp³-hybridized carbons (Fsp3) is 0.429. The van der Waals surface area contributed by atoms with Crippen LogP contribution in [0, 0.1) is 6.92 Å². The Bertz CT molecular complexity index is 983. The fourth-order valence-electron chi connectivity index (χ4n) is 3.49. The van der Waals surface area contributed by atoms with Gasteiger partial charge in [-0.1, -0.05) is 35.5 Å². The highest BCUT2D eigenvalue weighted by molar-refractivity contribution is 5.88. The molecule has 0 unspecified atom stereocenters. The summed E-state index contributed by atoms with van der Waals surface area (Å²) in [6, 6.07) is 9.85.